The summed E-state index contributed by atoms with van der Waals surface area (Å²) in [7, 11) is 4.60. The molecule has 0 radical (unpaired) electrons. The summed E-state index contributed by atoms with van der Waals surface area (Å²) in [4.78, 5) is 15.2. The predicted octanol–water partition coefficient (Wildman–Crippen LogP) is 4.33. The molecule has 0 aromatic heterocycles. The van der Waals surface area contributed by atoms with Crippen molar-refractivity contribution in [2.75, 3.05) is 26.2 Å². The third-order valence-electron chi connectivity index (χ3n) is 6.23. The van der Waals surface area contributed by atoms with E-state index in [1.807, 2.05) is 36.1 Å². The molecule has 7 heteroatoms. The summed E-state index contributed by atoms with van der Waals surface area (Å²) in [6, 6.07) is 13.7. The average Bonchev–Trinajstić information content (AvgIpc) is 2.83. The number of rotatable bonds is 5. The number of ether oxygens (including phenoxy) is 3. The zero-order valence-corrected chi connectivity index (χ0v) is 19.3. The van der Waals surface area contributed by atoms with Crippen LogP contribution < -0.4 is 24.8 Å². The third-order valence-corrected chi connectivity index (χ3v) is 6.23. The Morgan fingerprint density at radius 3 is 2.21 bits per heavy atom. The van der Waals surface area contributed by atoms with E-state index >= 15 is 0 Å². The predicted molar refractivity (Wildman–Crippen MR) is 125 cm³/mol. The van der Waals surface area contributed by atoms with Gasteiger partial charge < -0.3 is 19.9 Å². The Morgan fingerprint density at radius 2 is 1.67 bits per heavy atom. The molecule has 2 aliphatic rings. The van der Waals surface area contributed by atoms with Gasteiger partial charge in [-0.15, -0.1) is 0 Å². The van der Waals surface area contributed by atoms with Crippen LogP contribution in [0.2, 0.25) is 0 Å². The van der Waals surface area contributed by atoms with Crippen LogP contribution in [-0.2, 0) is 4.79 Å². The Morgan fingerprint density at radius 1 is 1.03 bits per heavy atom. The highest BCUT2D eigenvalue weighted by molar-refractivity contribution is 6.01. The second kappa shape index (κ2) is 8.91. The first kappa shape index (κ1) is 22.3. The van der Waals surface area contributed by atoms with Gasteiger partial charge in [-0.2, -0.15) is 5.26 Å². The number of methoxy groups -OCH3 is 3. The standard InChI is InChI=1S/C26H27N3O4/c1-15-8-10-17(11-9-15)29-19-6-5-7-20(30)24(19)23(18(14-27)26(29)28)16-12-21(31-2)25(33-4)22(13-16)32-3/h8-13,23H,5-7,28H2,1-4H3/t23-/m1/s1. The van der Waals surface area contributed by atoms with Crippen LogP contribution in [0, 0.1) is 18.3 Å². The second-order valence-corrected chi connectivity index (χ2v) is 8.11. The third kappa shape index (κ3) is 3.68. The highest BCUT2D eigenvalue weighted by atomic mass is 16.5. The summed E-state index contributed by atoms with van der Waals surface area (Å²) in [5.74, 6) is 1.08. The van der Waals surface area contributed by atoms with Gasteiger partial charge in [0.15, 0.2) is 17.3 Å². The van der Waals surface area contributed by atoms with Gasteiger partial charge in [-0.25, -0.2) is 0 Å². The van der Waals surface area contributed by atoms with Crippen molar-refractivity contribution < 1.29 is 19.0 Å². The fraction of sp³-hybridized carbons (Fsp3) is 0.308. The summed E-state index contributed by atoms with van der Waals surface area (Å²) < 4.78 is 16.5. The Balaban J connectivity index is 1.98. The number of carbonyl (C=O) groups is 1. The first-order valence-corrected chi connectivity index (χ1v) is 10.8. The molecule has 170 valence electrons. The molecule has 2 aromatic carbocycles. The van der Waals surface area contributed by atoms with E-state index in [9.17, 15) is 10.1 Å². The van der Waals surface area contributed by atoms with Gasteiger partial charge in [0.05, 0.1) is 38.9 Å². The smallest absolute Gasteiger partial charge is 0.203 e. The molecule has 0 unspecified atom stereocenters. The van der Waals surface area contributed by atoms with E-state index in [1.165, 1.54) is 21.3 Å². The van der Waals surface area contributed by atoms with Crippen molar-refractivity contribution in [1.82, 2.24) is 0 Å². The first-order chi connectivity index (χ1) is 15.9. The summed E-state index contributed by atoms with van der Waals surface area (Å²) in [6.07, 6.45) is 1.85. The number of anilines is 1. The van der Waals surface area contributed by atoms with E-state index in [4.69, 9.17) is 19.9 Å². The molecule has 7 nitrogen and oxygen atoms in total. The number of benzene rings is 2. The number of hydrogen-bond donors (Lipinski definition) is 1. The second-order valence-electron chi connectivity index (χ2n) is 8.11. The lowest BCUT2D eigenvalue weighted by molar-refractivity contribution is -0.116. The number of nitrogens with zero attached hydrogens (tertiary/aromatic N) is 2. The van der Waals surface area contributed by atoms with Crippen LogP contribution >= 0.6 is 0 Å². The SMILES string of the molecule is COc1cc([C@@H]2C(C#N)=C(N)N(c3ccc(C)cc3)C3=C2C(=O)CCC3)cc(OC)c1OC. The number of hydrogen-bond acceptors (Lipinski definition) is 7. The maximum absolute atomic E-state index is 13.3. The van der Waals surface area contributed by atoms with E-state index in [2.05, 4.69) is 6.07 Å². The van der Waals surface area contributed by atoms with Crippen LogP contribution in [0.4, 0.5) is 5.69 Å². The molecular formula is C26H27N3O4. The van der Waals surface area contributed by atoms with Gasteiger partial charge in [0.2, 0.25) is 5.75 Å². The Bertz CT molecular complexity index is 1180. The fourth-order valence-electron chi connectivity index (χ4n) is 4.68. The molecule has 0 fully saturated rings. The van der Waals surface area contributed by atoms with Crippen molar-refractivity contribution in [1.29, 1.82) is 5.26 Å². The summed E-state index contributed by atoms with van der Waals surface area (Å²) in [5, 5.41) is 10.2. The van der Waals surface area contributed by atoms with Crippen molar-refractivity contribution in [3.63, 3.8) is 0 Å². The topological polar surface area (TPSA) is 97.8 Å². The Kier molecular flexibility index (Phi) is 6.01. The minimum Gasteiger partial charge on any atom is -0.493 e. The first-order valence-electron chi connectivity index (χ1n) is 10.8. The average molecular weight is 446 g/mol. The minimum absolute atomic E-state index is 0.0207. The molecule has 0 saturated heterocycles. The van der Waals surface area contributed by atoms with Crippen LogP contribution in [0.1, 0.15) is 36.3 Å². The summed E-state index contributed by atoms with van der Waals surface area (Å²) in [6.45, 7) is 2.01. The molecule has 2 N–H and O–H groups in total. The maximum Gasteiger partial charge on any atom is 0.203 e. The maximum atomic E-state index is 13.3. The van der Waals surface area contributed by atoms with Crippen LogP contribution in [0.25, 0.3) is 0 Å². The number of allylic oxidation sites excluding steroid dienone is 3. The van der Waals surface area contributed by atoms with E-state index in [0.29, 0.717) is 52.6 Å². The molecule has 1 heterocycles. The quantitative estimate of drug-likeness (QED) is 0.732. The number of carbonyl (C=O) groups excluding carboxylic acids is 1. The van der Waals surface area contributed by atoms with Gasteiger partial charge in [0.1, 0.15) is 5.82 Å². The summed E-state index contributed by atoms with van der Waals surface area (Å²) in [5.41, 5.74) is 11.0. The minimum atomic E-state index is -0.617. The van der Waals surface area contributed by atoms with Crippen molar-refractivity contribution in [3.8, 4) is 23.3 Å². The number of aryl methyl sites for hydroxylation is 1. The molecule has 0 saturated carbocycles. The van der Waals surface area contributed by atoms with Crippen LogP contribution in [0.5, 0.6) is 17.2 Å². The molecule has 0 spiro atoms. The van der Waals surface area contributed by atoms with Crippen molar-refractivity contribution >= 4 is 11.5 Å². The lowest BCUT2D eigenvalue weighted by Gasteiger charge is -2.39. The number of ketones is 1. The molecule has 0 amide bonds. The molecule has 1 aliphatic heterocycles. The van der Waals surface area contributed by atoms with Crippen LogP contribution in [0.3, 0.4) is 0 Å². The molecular weight excluding hydrogens is 418 g/mol. The van der Waals surface area contributed by atoms with E-state index < -0.39 is 5.92 Å². The summed E-state index contributed by atoms with van der Waals surface area (Å²) >= 11 is 0. The van der Waals surface area contributed by atoms with Crippen LogP contribution in [0.15, 0.2) is 59.1 Å². The van der Waals surface area contributed by atoms with Crippen LogP contribution in [-0.4, -0.2) is 27.1 Å². The highest BCUT2D eigenvalue weighted by Gasteiger charge is 2.41. The number of nitriles is 1. The number of nitrogens with two attached hydrogens (primary N) is 1. The molecule has 1 atom stereocenters. The van der Waals surface area contributed by atoms with Crippen molar-refractivity contribution in [2.24, 2.45) is 5.73 Å². The van der Waals surface area contributed by atoms with Gasteiger partial charge in [-0.3, -0.25) is 9.69 Å². The van der Waals surface area contributed by atoms with Gasteiger partial charge in [-0.05, 0) is 49.6 Å². The van der Waals surface area contributed by atoms with Gasteiger partial charge in [0.25, 0.3) is 0 Å². The van der Waals surface area contributed by atoms with Gasteiger partial charge in [-0.1, -0.05) is 17.7 Å². The molecule has 4 rings (SSSR count). The fourth-order valence-corrected chi connectivity index (χ4v) is 4.68. The van der Waals surface area contributed by atoms with E-state index in [-0.39, 0.29) is 5.78 Å². The van der Waals surface area contributed by atoms with E-state index in [1.54, 1.807) is 12.1 Å². The zero-order chi connectivity index (χ0) is 23.7. The molecule has 1 aliphatic carbocycles. The zero-order valence-electron chi connectivity index (χ0n) is 19.3. The van der Waals surface area contributed by atoms with E-state index in [0.717, 1.165) is 23.4 Å². The van der Waals surface area contributed by atoms with Gasteiger partial charge >= 0.3 is 0 Å². The largest absolute Gasteiger partial charge is 0.493 e. The number of Topliss-reactive ketones (excluding diaryl/α,β-unsaturated/α-hetero) is 1. The Labute approximate surface area is 193 Å². The lowest BCUT2D eigenvalue weighted by atomic mass is 9.75. The molecule has 2 aromatic rings. The van der Waals surface area contributed by atoms with Crippen molar-refractivity contribution in [3.05, 3.63) is 70.2 Å². The molecule has 33 heavy (non-hydrogen) atoms. The van der Waals surface area contributed by atoms with Gasteiger partial charge in [0, 0.05) is 23.4 Å². The monoisotopic (exact) mass is 445 g/mol. The van der Waals surface area contributed by atoms with Crippen molar-refractivity contribution in [2.45, 2.75) is 32.1 Å². The molecule has 0 bridgehead atoms. The highest BCUT2D eigenvalue weighted by Crippen LogP contribution is 2.49. The lowest BCUT2D eigenvalue weighted by Crippen LogP contribution is -2.38. The Hall–Kier alpha value is -3.92. The normalized spacial score (nSPS) is 18.1.